The Bertz CT molecular complexity index is 361. The molecule has 1 N–H and O–H groups in total. The standard InChI is InChI=1S/C10H15N3O2/c1-12-7-11-4-9(12)6-13-3-2-8(5-13)10(14)15/h4,7-8H,2-3,5-6H2,1H3,(H,14,15). The Labute approximate surface area is 88.3 Å². The fourth-order valence-corrected chi connectivity index (χ4v) is 1.94. The van der Waals surface area contributed by atoms with Crippen LogP contribution in [0.15, 0.2) is 12.5 Å². The summed E-state index contributed by atoms with van der Waals surface area (Å²) in [6.07, 6.45) is 4.35. The first-order valence-corrected chi connectivity index (χ1v) is 5.07. The Morgan fingerprint density at radius 2 is 2.53 bits per heavy atom. The van der Waals surface area contributed by atoms with E-state index in [2.05, 4.69) is 9.88 Å². The van der Waals surface area contributed by atoms with Gasteiger partial charge in [0, 0.05) is 26.3 Å². The summed E-state index contributed by atoms with van der Waals surface area (Å²) in [7, 11) is 1.95. The monoisotopic (exact) mass is 209 g/mol. The molecule has 1 aromatic heterocycles. The third-order valence-electron chi connectivity index (χ3n) is 2.92. The van der Waals surface area contributed by atoms with Gasteiger partial charge in [0.25, 0.3) is 0 Å². The summed E-state index contributed by atoms with van der Waals surface area (Å²) in [4.78, 5) is 17.0. The molecule has 0 radical (unpaired) electrons. The molecule has 1 aromatic rings. The van der Waals surface area contributed by atoms with Crippen molar-refractivity contribution in [1.29, 1.82) is 0 Å². The predicted octanol–water partition coefficient (Wildman–Crippen LogP) is 0.327. The van der Waals surface area contributed by atoms with Gasteiger partial charge in [0.05, 0.1) is 17.9 Å². The lowest BCUT2D eigenvalue weighted by Crippen LogP contribution is -2.23. The van der Waals surface area contributed by atoms with E-state index in [0.717, 1.165) is 25.2 Å². The van der Waals surface area contributed by atoms with Crippen LogP contribution in [0.1, 0.15) is 12.1 Å². The van der Waals surface area contributed by atoms with Crippen molar-refractivity contribution < 1.29 is 9.90 Å². The Balaban J connectivity index is 1.93. The van der Waals surface area contributed by atoms with Crippen molar-refractivity contribution in [3.05, 3.63) is 18.2 Å². The average molecular weight is 209 g/mol. The summed E-state index contributed by atoms with van der Waals surface area (Å²) in [5, 5.41) is 8.87. The number of carboxylic acid groups (broad SMARTS) is 1. The number of aliphatic carboxylic acids is 1. The molecule has 1 fully saturated rings. The van der Waals surface area contributed by atoms with E-state index in [1.807, 2.05) is 17.8 Å². The molecule has 0 spiro atoms. The lowest BCUT2D eigenvalue weighted by atomic mass is 10.1. The van der Waals surface area contributed by atoms with E-state index in [1.54, 1.807) is 6.33 Å². The maximum Gasteiger partial charge on any atom is 0.307 e. The normalized spacial score (nSPS) is 22.1. The van der Waals surface area contributed by atoms with E-state index in [4.69, 9.17) is 5.11 Å². The molecule has 1 unspecified atom stereocenters. The highest BCUT2D eigenvalue weighted by Gasteiger charge is 2.28. The van der Waals surface area contributed by atoms with Crippen molar-refractivity contribution in [2.45, 2.75) is 13.0 Å². The number of likely N-dealkylation sites (tertiary alicyclic amines) is 1. The minimum atomic E-state index is -0.678. The van der Waals surface area contributed by atoms with Gasteiger partial charge in [0.1, 0.15) is 0 Å². The number of carbonyl (C=O) groups is 1. The third kappa shape index (κ3) is 2.18. The van der Waals surface area contributed by atoms with Crippen molar-refractivity contribution in [2.75, 3.05) is 13.1 Å². The number of aryl methyl sites for hydroxylation is 1. The molecule has 0 aliphatic carbocycles. The number of carboxylic acids is 1. The van der Waals surface area contributed by atoms with Crippen LogP contribution in [0.3, 0.4) is 0 Å². The first kappa shape index (κ1) is 10.2. The van der Waals surface area contributed by atoms with Crippen molar-refractivity contribution in [3.63, 3.8) is 0 Å². The molecular formula is C10H15N3O2. The van der Waals surface area contributed by atoms with Gasteiger partial charge in [-0.2, -0.15) is 0 Å². The molecule has 82 valence electrons. The van der Waals surface area contributed by atoms with E-state index in [0.29, 0.717) is 6.54 Å². The van der Waals surface area contributed by atoms with E-state index < -0.39 is 5.97 Å². The van der Waals surface area contributed by atoms with Crippen molar-refractivity contribution >= 4 is 5.97 Å². The van der Waals surface area contributed by atoms with Gasteiger partial charge in [0.2, 0.25) is 0 Å². The van der Waals surface area contributed by atoms with Crippen LogP contribution in [0.4, 0.5) is 0 Å². The third-order valence-corrected chi connectivity index (χ3v) is 2.92. The lowest BCUT2D eigenvalue weighted by molar-refractivity contribution is -0.141. The molecule has 5 nitrogen and oxygen atoms in total. The van der Waals surface area contributed by atoms with Crippen LogP contribution in [-0.4, -0.2) is 38.6 Å². The van der Waals surface area contributed by atoms with Crippen LogP contribution in [0.25, 0.3) is 0 Å². The molecule has 0 saturated carbocycles. The molecule has 0 amide bonds. The minimum Gasteiger partial charge on any atom is -0.481 e. The van der Waals surface area contributed by atoms with Gasteiger partial charge in [-0.25, -0.2) is 4.98 Å². The quantitative estimate of drug-likeness (QED) is 0.779. The molecule has 5 heteroatoms. The van der Waals surface area contributed by atoms with E-state index in [1.165, 1.54) is 0 Å². The molecule has 1 aliphatic rings. The minimum absolute atomic E-state index is 0.196. The van der Waals surface area contributed by atoms with E-state index in [9.17, 15) is 4.79 Å². The largest absolute Gasteiger partial charge is 0.481 e. The van der Waals surface area contributed by atoms with Gasteiger partial charge >= 0.3 is 5.97 Å². The van der Waals surface area contributed by atoms with Gasteiger partial charge in [0.15, 0.2) is 0 Å². The van der Waals surface area contributed by atoms with Crippen LogP contribution in [0, 0.1) is 5.92 Å². The van der Waals surface area contributed by atoms with Crippen LogP contribution in [0.2, 0.25) is 0 Å². The van der Waals surface area contributed by atoms with Gasteiger partial charge in [-0.1, -0.05) is 0 Å². The fourth-order valence-electron chi connectivity index (χ4n) is 1.94. The van der Waals surface area contributed by atoms with Crippen molar-refractivity contribution in [3.8, 4) is 0 Å². The van der Waals surface area contributed by atoms with Gasteiger partial charge in [-0.15, -0.1) is 0 Å². The number of aromatic nitrogens is 2. The molecule has 15 heavy (non-hydrogen) atoms. The summed E-state index contributed by atoms with van der Waals surface area (Å²) in [5.74, 6) is -0.874. The van der Waals surface area contributed by atoms with Gasteiger partial charge in [-0.05, 0) is 13.0 Å². The molecule has 1 saturated heterocycles. The average Bonchev–Trinajstić information content (AvgIpc) is 2.77. The summed E-state index contributed by atoms with van der Waals surface area (Å²) < 4.78 is 1.97. The van der Waals surface area contributed by atoms with Crippen LogP contribution in [-0.2, 0) is 18.4 Å². The predicted molar refractivity (Wildman–Crippen MR) is 54.2 cm³/mol. The molecule has 2 rings (SSSR count). The Kier molecular flexibility index (Phi) is 2.73. The molecular weight excluding hydrogens is 194 g/mol. The number of nitrogens with zero attached hydrogens (tertiary/aromatic N) is 3. The second kappa shape index (κ2) is 4.02. The lowest BCUT2D eigenvalue weighted by Gasteiger charge is -2.14. The smallest absolute Gasteiger partial charge is 0.307 e. The molecule has 1 aliphatic heterocycles. The second-order valence-corrected chi connectivity index (χ2v) is 4.05. The molecule has 2 heterocycles. The number of imidazole rings is 1. The summed E-state index contributed by atoms with van der Waals surface area (Å²) in [6, 6.07) is 0. The topological polar surface area (TPSA) is 58.4 Å². The van der Waals surface area contributed by atoms with Gasteiger partial charge in [-0.3, -0.25) is 9.69 Å². The number of hydrogen-bond donors (Lipinski definition) is 1. The highest BCUT2D eigenvalue weighted by molar-refractivity contribution is 5.70. The first-order valence-electron chi connectivity index (χ1n) is 5.07. The zero-order valence-corrected chi connectivity index (χ0v) is 8.76. The zero-order valence-electron chi connectivity index (χ0n) is 8.76. The maximum absolute atomic E-state index is 10.8. The van der Waals surface area contributed by atoms with Crippen LogP contribution >= 0.6 is 0 Å². The zero-order chi connectivity index (χ0) is 10.8. The molecule has 1 atom stereocenters. The highest BCUT2D eigenvalue weighted by Crippen LogP contribution is 2.18. The molecule has 0 aromatic carbocycles. The Morgan fingerprint density at radius 3 is 3.07 bits per heavy atom. The van der Waals surface area contributed by atoms with E-state index in [-0.39, 0.29) is 5.92 Å². The summed E-state index contributed by atoms with van der Waals surface area (Å²) in [6.45, 7) is 2.31. The van der Waals surface area contributed by atoms with E-state index >= 15 is 0 Å². The fraction of sp³-hybridized carbons (Fsp3) is 0.600. The summed E-state index contributed by atoms with van der Waals surface area (Å²) >= 11 is 0. The number of rotatable bonds is 3. The maximum atomic E-state index is 10.8. The summed E-state index contributed by atoms with van der Waals surface area (Å²) in [5.41, 5.74) is 1.13. The first-order chi connectivity index (χ1) is 7.16. The van der Waals surface area contributed by atoms with Crippen molar-refractivity contribution in [1.82, 2.24) is 14.5 Å². The van der Waals surface area contributed by atoms with Crippen LogP contribution < -0.4 is 0 Å². The van der Waals surface area contributed by atoms with Gasteiger partial charge < -0.3 is 9.67 Å². The second-order valence-electron chi connectivity index (χ2n) is 4.05. The SMILES string of the molecule is Cn1cncc1CN1CCC(C(=O)O)C1. The Hall–Kier alpha value is -1.36. The van der Waals surface area contributed by atoms with Crippen LogP contribution in [0.5, 0.6) is 0 Å². The number of hydrogen-bond acceptors (Lipinski definition) is 3. The Morgan fingerprint density at radius 1 is 1.73 bits per heavy atom. The molecule has 0 bridgehead atoms. The highest BCUT2D eigenvalue weighted by atomic mass is 16.4. The van der Waals surface area contributed by atoms with Crippen molar-refractivity contribution in [2.24, 2.45) is 13.0 Å².